The van der Waals surface area contributed by atoms with Gasteiger partial charge in [0.25, 0.3) is 0 Å². The zero-order valence-corrected chi connectivity index (χ0v) is 14.7. The van der Waals surface area contributed by atoms with Crippen LogP contribution in [0.25, 0.3) is 0 Å². The predicted octanol–water partition coefficient (Wildman–Crippen LogP) is 2.09. The van der Waals surface area contributed by atoms with Gasteiger partial charge in [0.1, 0.15) is 5.01 Å². The highest BCUT2D eigenvalue weighted by Gasteiger charge is 2.32. The van der Waals surface area contributed by atoms with Crippen molar-refractivity contribution < 1.29 is 13.2 Å². The van der Waals surface area contributed by atoms with E-state index < -0.39 is 15.1 Å². The summed E-state index contributed by atoms with van der Waals surface area (Å²) in [6.07, 6.45) is 3.68. The highest BCUT2D eigenvalue weighted by molar-refractivity contribution is 7.91. The van der Waals surface area contributed by atoms with E-state index in [0.29, 0.717) is 24.0 Å². The summed E-state index contributed by atoms with van der Waals surface area (Å²) in [5, 5.41) is 11.8. The van der Waals surface area contributed by atoms with Gasteiger partial charge in [0.05, 0.1) is 5.25 Å². The molecule has 1 unspecified atom stereocenters. The molecule has 1 saturated heterocycles. The fraction of sp³-hybridized carbons (Fsp3) is 0.769. The fourth-order valence-corrected chi connectivity index (χ4v) is 4.50. The molecule has 1 aromatic heterocycles. The van der Waals surface area contributed by atoms with Crippen molar-refractivity contribution in [2.24, 2.45) is 0 Å². The van der Waals surface area contributed by atoms with E-state index in [2.05, 4.69) is 29.4 Å². The van der Waals surface area contributed by atoms with E-state index >= 15 is 0 Å². The first-order valence-corrected chi connectivity index (χ1v) is 10.2. The van der Waals surface area contributed by atoms with Gasteiger partial charge in [0, 0.05) is 25.3 Å². The molecular formula is C13H22N4O3S2. The van der Waals surface area contributed by atoms with E-state index in [1.54, 1.807) is 0 Å². The number of aromatic nitrogens is 2. The van der Waals surface area contributed by atoms with Crippen molar-refractivity contribution >= 4 is 32.3 Å². The largest absolute Gasteiger partial charge is 0.323 e. The van der Waals surface area contributed by atoms with Gasteiger partial charge in [0.15, 0.2) is 9.84 Å². The van der Waals surface area contributed by atoms with Crippen LogP contribution in [0.2, 0.25) is 0 Å². The first-order valence-electron chi connectivity index (χ1n) is 7.43. The fourth-order valence-electron chi connectivity index (χ4n) is 2.52. The molecule has 22 heavy (non-hydrogen) atoms. The van der Waals surface area contributed by atoms with Gasteiger partial charge in [-0.15, -0.1) is 10.2 Å². The van der Waals surface area contributed by atoms with Gasteiger partial charge in [-0.25, -0.2) is 13.2 Å². The molecule has 9 heteroatoms. The second-order valence-corrected chi connectivity index (χ2v) is 8.91. The topological polar surface area (TPSA) is 92.3 Å². The van der Waals surface area contributed by atoms with Crippen molar-refractivity contribution in [2.75, 3.05) is 24.7 Å². The van der Waals surface area contributed by atoms with E-state index in [1.165, 1.54) is 22.5 Å². The van der Waals surface area contributed by atoms with Crippen LogP contribution >= 0.6 is 11.3 Å². The Hall–Kier alpha value is -1.22. The smallest absolute Gasteiger partial charge is 0.323 e. The zero-order chi connectivity index (χ0) is 16.3. The van der Waals surface area contributed by atoms with Gasteiger partial charge in [-0.1, -0.05) is 25.2 Å². The summed E-state index contributed by atoms with van der Waals surface area (Å²) in [6, 6.07) is -0.307. The highest BCUT2D eigenvalue weighted by Crippen LogP contribution is 2.28. The highest BCUT2D eigenvalue weighted by atomic mass is 32.2. The van der Waals surface area contributed by atoms with Crippen LogP contribution in [-0.4, -0.2) is 54.1 Å². The first kappa shape index (κ1) is 17.1. The monoisotopic (exact) mass is 346 g/mol. The lowest BCUT2D eigenvalue weighted by molar-refractivity contribution is 0.222. The van der Waals surface area contributed by atoms with Gasteiger partial charge in [0.2, 0.25) is 5.13 Å². The number of rotatable bonds is 5. The molecule has 1 aliphatic heterocycles. The third-order valence-corrected chi connectivity index (χ3v) is 6.62. The summed E-state index contributed by atoms with van der Waals surface area (Å²) in [5.41, 5.74) is 0. The summed E-state index contributed by atoms with van der Waals surface area (Å²) in [6.45, 7) is 4.89. The van der Waals surface area contributed by atoms with Gasteiger partial charge < -0.3 is 4.90 Å². The molecule has 0 bridgehead atoms. The Balaban J connectivity index is 1.96. The van der Waals surface area contributed by atoms with Crippen LogP contribution in [0.15, 0.2) is 0 Å². The molecule has 1 N–H and O–H groups in total. The average Bonchev–Trinajstić information content (AvgIpc) is 3.08. The molecule has 1 fully saturated rings. The standard InChI is InChI=1S/C13H22N4O3S2/c1-4-9(5-2)11-15-16-12(21-11)14-13(18)17-7-6-10(8-17)22(3,19)20/h9-10H,4-8H2,1-3H3,(H,14,16,18). The number of sulfone groups is 1. The van der Waals surface area contributed by atoms with Crippen molar-refractivity contribution in [2.45, 2.75) is 44.3 Å². The SMILES string of the molecule is CCC(CC)c1nnc(NC(=O)N2CCC(S(C)(=O)=O)C2)s1. The molecule has 7 nitrogen and oxygen atoms in total. The van der Waals surface area contributed by atoms with E-state index in [1.807, 2.05) is 0 Å². The lowest BCUT2D eigenvalue weighted by Gasteiger charge is -2.15. The second-order valence-electron chi connectivity index (χ2n) is 5.58. The Bertz CT molecular complexity index is 625. The third kappa shape index (κ3) is 3.95. The molecule has 1 aliphatic rings. The molecule has 1 aromatic rings. The number of urea groups is 1. The van der Waals surface area contributed by atoms with E-state index in [0.717, 1.165) is 17.8 Å². The minimum Gasteiger partial charge on any atom is -0.323 e. The number of nitrogens with zero attached hydrogens (tertiary/aromatic N) is 3. The van der Waals surface area contributed by atoms with Gasteiger partial charge in [-0.2, -0.15) is 0 Å². The summed E-state index contributed by atoms with van der Waals surface area (Å²) in [7, 11) is -3.10. The van der Waals surface area contributed by atoms with Crippen LogP contribution in [0.5, 0.6) is 0 Å². The van der Waals surface area contributed by atoms with Crippen molar-refractivity contribution in [3.05, 3.63) is 5.01 Å². The molecular weight excluding hydrogens is 324 g/mol. The van der Waals surface area contributed by atoms with Crippen LogP contribution in [0.4, 0.5) is 9.93 Å². The molecule has 124 valence electrons. The number of anilines is 1. The molecule has 0 aromatic carbocycles. The molecule has 0 aliphatic carbocycles. The predicted molar refractivity (Wildman–Crippen MR) is 87.1 cm³/mol. The second kappa shape index (κ2) is 6.91. The molecule has 2 rings (SSSR count). The molecule has 0 radical (unpaired) electrons. The number of likely N-dealkylation sites (tertiary alicyclic amines) is 1. The average molecular weight is 346 g/mol. The number of carbonyl (C=O) groups excluding carboxylic acids is 1. The van der Waals surface area contributed by atoms with Crippen LogP contribution < -0.4 is 5.32 Å². The van der Waals surface area contributed by atoms with Crippen LogP contribution in [0.1, 0.15) is 44.0 Å². The first-order chi connectivity index (χ1) is 10.3. The Morgan fingerprint density at radius 1 is 1.41 bits per heavy atom. The maximum absolute atomic E-state index is 12.2. The van der Waals surface area contributed by atoms with Crippen molar-refractivity contribution in [1.29, 1.82) is 0 Å². The Morgan fingerprint density at radius 2 is 2.09 bits per heavy atom. The van der Waals surface area contributed by atoms with Crippen LogP contribution in [0.3, 0.4) is 0 Å². The molecule has 1 atom stereocenters. The molecule has 2 heterocycles. The van der Waals surface area contributed by atoms with E-state index in [-0.39, 0.29) is 12.6 Å². The minimum absolute atomic E-state index is 0.239. The zero-order valence-electron chi connectivity index (χ0n) is 13.1. The normalized spacial score (nSPS) is 18.9. The van der Waals surface area contributed by atoms with E-state index in [9.17, 15) is 13.2 Å². The lowest BCUT2D eigenvalue weighted by Crippen LogP contribution is -2.34. The number of amides is 2. The Morgan fingerprint density at radius 3 is 2.64 bits per heavy atom. The van der Waals surface area contributed by atoms with Gasteiger partial charge >= 0.3 is 6.03 Å². The quantitative estimate of drug-likeness (QED) is 0.881. The number of hydrogen-bond donors (Lipinski definition) is 1. The third-order valence-electron chi connectivity index (χ3n) is 4.03. The summed E-state index contributed by atoms with van der Waals surface area (Å²) < 4.78 is 23.1. The summed E-state index contributed by atoms with van der Waals surface area (Å²) >= 11 is 1.38. The van der Waals surface area contributed by atoms with Gasteiger partial charge in [-0.05, 0) is 19.3 Å². The van der Waals surface area contributed by atoms with E-state index in [4.69, 9.17) is 0 Å². The lowest BCUT2D eigenvalue weighted by atomic mass is 10.1. The number of carbonyl (C=O) groups is 1. The maximum Gasteiger partial charge on any atom is 0.323 e. The summed E-state index contributed by atoms with van der Waals surface area (Å²) in [4.78, 5) is 13.7. The minimum atomic E-state index is -3.10. The van der Waals surface area contributed by atoms with Gasteiger partial charge in [-0.3, -0.25) is 5.32 Å². The summed E-state index contributed by atoms with van der Waals surface area (Å²) in [5.74, 6) is 0.365. The molecule has 0 saturated carbocycles. The van der Waals surface area contributed by atoms with Crippen molar-refractivity contribution in [1.82, 2.24) is 15.1 Å². The number of hydrogen-bond acceptors (Lipinski definition) is 6. The molecule has 0 spiro atoms. The van der Waals surface area contributed by atoms with Crippen molar-refractivity contribution in [3.8, 4) is 0 Å². The Kier molecular flexibility index (Phi) is 5.38. The Labute approximate surface area is 135 Å². The van der Waals surface area contributed by atoms with Crippen LogP contribution in [-0.2, 0) is 9.84 Å². The molecule has 2 amide bonds. The van der Waals surface area contributed by atoms with Crippen LogP contribution in [0, 0.1) is 0 Å². The maximum atomic E-state index is 12.2. The van der Waals surface area contributed by atoms with Crippen molar-refractivity contribution in [3.63, 3.8) is 0 Å². The number of nitrogens with one attached hydrogen (secondary N) is 1.